The third-order valence-electron chi connectivity index (χ3n) is 3.81. The first-order valence-corrected chi connectivity index (χ1v) is 6.86. The first-order valence-electron chi connectivity index (χ1n) is 6.86. The van der Waals surface area contributed by atoms with Crippen LogP contribution >= 0.6 is 0 Å². The van der Waals surface area contributed by atoms with Crippen molar-refractivity contribution in [1.29, 1.82) is 0 Å². The van der Waals surface area contributed by atoms with Gasteiger partial charge in [-0.15, -0.1) is 0 Å². The number of rotatable bonds is 6. The maximum atomic E-state index is 11.3. The van der Waals surface area contributed by atoms with Gasteiger partial charge in [-0.05, 0) is 64.4 Å². The SMILES string of the molecule is CNC(C)(CC(C)Oc1cc(C)cc(C)c1C)C(=O)O. The predicted octanol–water partition coefficient (Wildman–Crippen LogP) is 2.83. The lowest BCUT2D eigenvalue weighted by Gasteiger charge is -2.28. The van der Waals surface area contributed by atoms with E-state index in [1.54, 1.807) is 14.0 Å². The number of hydrogen-bond donors (Lipinski definition) is 2. The Morgan fingerprint density at radius 3 is 2.50 bits per heavy atom. The number of aryl methyl sites for hydroxylation is 2. The Balaban J connectivity index is 2.86. The minimum absolute atomic E-state index is 0.191. The fourth-order valence-electron chi connectivity index (χ4n) is 2.25. The van der Waals surface area contributed by atoms with E-state index in [0.717, 1.165) is 16.9 Å². The summed E-state index contributed by atoms with van der Waals surface area (Å²) in [5.74, 6) is -0.0357. The molecule has 4 nitrogen and oxygen atoms in total. The van der Waals surface area contributed by atoms with Crippen molar-refractivity contribution in [2.24, 2.45) is 0 Å². The Morgan fingerprint density at radius 1 is 1.40 bits per heavy atom. The topological polar surface area (TPSA) is 58.6 Å². The van der Waals surface area contributed by atoms with E-state index in [1.807, 2.05) is 26.8 Å². The summed E-state index contributed by atoms with van der Waals surface area (Å²) in [7, 11) is 1.66. The summed E-state index contributed by atoms with van der Waals surface area (Å²) >= 11 is 0. The highest BCUT2D eigenvalue weighted by Gasteiger charge is 2.33. The van der Waals surface area contributed by atoms with Crippen molar-refractivity contribution in [1.82, 2.24) is 5.32 Å². The molecular weight excluding hydrogens is 254 g/mol. The maximum absolute atomic E-state index is 11.3. The molecule has 1 aromatic carbocycles. The van der Waals surface area contributed by atoms with Gasteiger partial charge in [0.15, 0.2) is 0 Å². The molecule has 0 saturated heterocycles. The Bertz CT molecular complexity index is 499. The molecular formula is C16H25NO3. The summed E-state index contributed by atoms with van der Waals surface area (Å²) in [6.07, 6.45) is 0.203. The van der Waals surface area contributed by atoms with Gasteiger partial charge in [0.1, 0.15) is 11.3 Å². The molecule has 0 aliphatic rings. The monoisotopic (exact) mass is 279 g/mol. The Labute approximate surface area is 121 Å². The van der Waals surface area contributed by atoms with Crippen LogP contribution in [0.4, 0.5) is 0 Å². The third kappa shape index (κ3) is 3.73. The molecule has 112 valence electrons. The number of likely N-dealkylation sites (N-methyl/N-ethyl adjacent to an activating group) is 1. The minimum Gasteiger partial charge on any atom is -0.490 e. The largest absolute Gasteiger partial charge is 0.490 e. The number of aliphatic carboxylic acids is 1. The number of carbonyl (C=O) groups is 1. The van der Waals surface area contributed by atoms with Crippen LogP contribution in [0, 0.1) is 20.8 Å². The van der Waals surface area contributed by atoms with Gasteiger partial charge in [-0.25, -0.2) is 0 Å². The lowest BCUT2D eigenvalue weighted by Crippen LogP contribution is -2.50. The van der Waals surface area contributed by atoms with Crippen molar-refractivity contribution in [3.05, 3.63) is 28.8 Å². The zero-order valence-electron chi connectivity index (χ0n) is 13.2. The molecule has 2 unspecified atom stereocenters. The summed E-state index contributed by atoms with van der Waals surface area (Å²) in [4.78, 5) is 11.3. The van der Waals surface area contributed by atoms with Crippen molar-refractivity contribution < 1.29 is 14.6 Å². The van der Waals surface area contributed by atoms with Crippen LogP contribution in [0.5, 0.6) is 5.75 Å². The van der Waals surface area contributed by atoms with Crippen LogP contribution in [0.3, 0.4) is 0 Å². The lowest BCUT2D eigenvalue weighted by molar-refractivity contribution is -0.145. The van der Waals surface area contributed by atoms with E-state index in [2.05, 4.69) is 18.3 Å². The molecule has 0 spiro atoms. The highest BCUT2D eigenvalue weighted by atomic mass is 16.5. The molecule has 2 N–H and O–H groups in total. The molecule has 0 aliphatic carbocycles. The van der Waals surface area contributed by atoms with Gasteiger partial charge in [-0.3, -0.25) is 4.79 Å². The average Bonchev–Trinajstić information content (AvgIpc) is 2.34. The quantitative estimate of drug-likeness (QED) is 0.840. The number of carboxylic acid groups (broad SMARTS) is 1. The number of nitrogens with one attached hydrogen (secondary N) is 1. The number of ether oxygens (including phenoxy) is 1. The van der Waals surface area contributed by atoms with Crippen LogP contribution in [-0.2, 0) is 4.79 Å². The molecule has 1 rings (SSSR count). The van der Waals surface area contributed by atoms with Crippen LogP contribution in [0.1, 0.15) is 37.0 Å². The van der Waals surface area contributed by atoms with Crippen molar-refractivity contribution >= 4 is 5.97 Å². The summed E-state index contributed by atoms with van der Waals surface area (Å²) in [5, 5.41) is 12.1. The Kier molecular flexibility index (Phi) is 5.17. The molecule has 0 amide bonds. The number of carboxylic acids is 1. The van der Waals surface area contributed by atoms with E-state index in [4.69, 9.17) is 4.74 Å². The maximum Gasteiger partial charge on any atom is 0.323 e. The third-order valence-corrected chi connectivity index (χ3v) is 3.81. The molecule has 20 heavy (non-hydrogen) atoms. The number of benzene rings is 1. The summed E-state index contributed by atoms with van der Waals surface area (Å²) < 4.78 is 5.95. The highest BCUT2D eigenvalue weighted by Crippen LogP contribution is 2.26. The predicted molar refractivity (Wildman–Crippen MR) is 80.5 cm³/mol. The van der Waals surface area contributed by atoms with Gasteiger partial charge in [-0.1, -0.05) is 6.07 Å². The number of hydrogen-bond acceptors (Lipinski definition) is 3. The highest BCUT2D eigenvalue weighted by molar-refractivity contribution is 5.78. The average molecular weight is 279 g/mol. The van der Waals surface area contributed by atoms with Crippen molar-refractivity contribution in [3.63, 3.8) is 0 Å². The van der Waals surface area contributed by atoms with Gasteiger partial charge in [-0.2, -0.15) is 0 Å². The summed E-state index contributed by atoms with van der Waals surface area (Å²) in [5.41, 5.74) is 2.45. The van der Waals surface area contributed by atoms with Crippen molar-refractivity contribution in [3.8, 4) is 5.75 Å². The second kappa shape index (κ2) is 6.27. The second-order valence-corrected chi connectivity index (χ2v) is 5.72. The minimum atomic E-state index is -0.980. The molecule has 2 atom stereocenters. The normalized spacial score (nSPS) is 15.5. The van der Waals surface area contributed by atoms with Crippen LogP contribution in [-0.4, -0.2) is 29.8 Å². The molecule has 0 bridgehead atoms. The fourth-order valence-corrected chi connectivity index (χ4v) is 2.25. The van der Waals surface area contributed by atoms with E-state index < -0.39 is 11.5 Å². The fraction of sp³-hybridized carbons (Fsp3) is 0.562. The standard InChI is InChI=1S/C16H25NO3/c1-10-7-11(2)13(4)14(8-10)20-12(3)9-16(5,17-6)15(18)19/h7-8,12,17H,9H2,1-6H3,(H,18,19). The van der Waals surface area contributed by atoms with E-state index in [0.29, 0.717) is 6.42 Å². The lowest BCUT2D eigenvalue weighted by atomic mass is 9.95. The molecule has 0 heterocycles. The van der Waals surface area contributed by atoms with Gasteiger partial charge in [0.2, 0.25) is 0 Å². The van der Waals surface area contributed by atoms with Crippen molar-refractivity contribution in [2.45, 2.75) is 52.7 Å². The first-order chi connectivity index (χ1) is 9.19. The molecule has 0 aromatic heterocycles. The van der Waals surface area contributed by atoms with E-state index in [1.165, 1.54) is 5.56 Å². The summed E-state index contributed by atoms with van der Waals surface area (Å²) in [6.45, 7) is 9.66. The molecule has 0 aliphatic heterocycles. The Hall–Kier alpha value is -1.55. The van der Waals surface area contributed by atoms with Gasteiger partial charge < -0.3 is 15.2 Å². The van der Waals surface area contributed by atoms with E-state index in [-0.39, 0.29) is 6.10 Å². The van der Waals surface area contributed by atoms with Gasteiger partial charge >= 0.3 is 5.97 Å². The molecule has 0 radical (unpaired) electrons. The van der Waals surface area contributed by atoms with Gasteiger partial charge in [0.05, 0.1) is 6.10 Å². The smallest absolute Gasteiger partial charge is 0.323 e. The van der Waals surface area contributed by atoms with E-state index in [9.17, 15) is 9.90 Å². The van der Waals surface area contributed by atoms with Crippen LogP contribution < -0.4 is 10.1 Å². The van der Waals surface area contributed by atoms with Crippen LogP contribution in [0.15, 0.2) is 12.1 Å². The zero-order valence-corrected chi connectivity index (χ0v) is 13.2. The second-order valence-electron chi connectivity index (χ2n) is 5.72. The Morgan fingerprint density at radius 2 is 2.00 bits per heavy atom. The first kappa shape index (κ1) is 16.5. The van der Waals surface area contributed by atoms with Gasteiger partial charge in [0, 0.05) is 6.42 Å². The van der Waals surface area contributed by atoms with Crippen LogP contribution in [0.2, 0.25) is 0 Å². The molecule has 0 fully saturated rings. The molecule has 0 saturated carbocycles. The molecule has 4 heteroatoms. The van der Waals surface area contributed by atoms with Gasteiger partial charge in [0.25, 0.3) is 0 Å². The molecule has 1 aromatic rings. The summed E-state index contributed by atoms with van der Waals surface area (Å²) in [6, 6.07) is 4.11. The van der Waals surface area contributed by atoms with E-state index >= 15 is 0 Å². The van der Waals surface area contributed by atoms with Crippen molar-refractivity contribution in [2.75, 3.05) is 7.05 Å². The zero-order chi connectivity index (χ0) is 15.5. The van der Waals surface area contributed by atoms with Crippen LogP contribution in [0.25, 0.3) is 0 Å².